The third-order valence-electron chi connectivity index (χ3n) is 4.00. The molecule has 0 spiro atoms. The average molecular weight is 358 g/mol. The molecule has 1 amide bonds. The second-order valence-electron chi connectivity index (χ2n) is 6.05. The van der Waals surface area contributed by atoms with Crippen LogP contribution in [0.25, 0.3) is 6.08 Å². The molecule has 6 heteroatoms. The van der Waals surface area contributed by atoms with Gasteiger partial charge in [0.05, 0.1) is 12.3 Å². The van der Waals surface area contributed by atoms with Crippen molar-refractivity contribution < 1.29 is 14.3 Å². The number of carbonyl (C=O) groups excluding carboxylic acids is 1. The summed E-state index contributed by atoms with van der Waals surface area (Å²) in [7, 11) is 0. The van der Waals surface area contributed by atoms with E-state index in [0.717, 1.165) is 39.6 Å². The lowest BCUT2D eigenvalue weighted by Gasteiger charge is -2.10. The molecule has 0 radical (unpaired) electrons. The van der Waals surface area contributed by atoms with Crippen molar-refractivity contribution in [2.45, 2.75) is 40.2 Å². The molecule has 3 rings (SSSR count). The topological polar surface area (TPSA) is 60.5 Å². The Morgan fingerprint density at radius 3 is 2.96 bits per heavy atom. The number of thiazole rings is 1. The molecule has 1 aromatic heterocycles. The molecule has 2 aromatic rings. The second kappa shape index (κ2) is 7.27. The lowest BCUT2D eigenvalue weighted by molar-refractivity contribution is -0.111. The fourth-order valence-electron chi connectivity index (χ4n) is 2.70. The Bertz CT molecular complexity index is 807. The molecule has 1 aliphatic rings. The van der Waals surface area contributed by atoms with Crippen LogP contribution in [0.2, 0.25) is 0 Å². The summed E-state index contributed by atoms with van der Waals surface area (Å²) in [5, 5.41) is 3.41. The van der Waals surface area contributed by atoms with E-state index in [1.807, 2.05) is 39.8 Å². The highest BCUT2D eigenvalue weighted by atomic mass is 32.1. The van der Waals surface area contributed by atoms with Crippen LogP contribution in [0.1, 0.15) is 35.5 Å². The molecule has 0 fully saturated rings. The van der Waals surface area contributed by atoms with E-state index in [2.05, 4.69) is 10.3 Å². The zero-order valence-corrected chi connectivity index (χ0v) is 15.7. The molecule has 132 valence electrons. The number of benzene rings is 1. The normalized spacial score (nSPS) is 15.9. The van der Waals surface area contributed by atoms with Gasteiger partial charge in [-0.25, -0.2) is 4.98 Å². The molecule has 1 atom stereocenters. The summed E-state index contributed by atoms with van der Waals surface area (Å²) in [6.07, 6.45) is 4.29. The molecule has 1 N–H and O–H groups in total. The van der Waals surface area contributed by atoms with Crippen LogP contribution in [0.15, 0.2) is 18.2 Å². The zero-order valence-electron chi connectivity index (χ0n) is 14.9. The second-order valence-corrected chi connectivity index (χ2v) is 7.25. The van der Waals surface area contributed by atoms with Gasteiger partial charge in [-0.3, -0.25) is 10.1 Å². The van der Waals surface area contributed by atoms with Crippen molar-refractivity contribution >= 4 is 28.5 Å². The van der Waals surface area contributed by atoms with E-state index in [1.165, 1.54) is 17.4 Å². The summed E-state index contributed by atoms with van der Waals surface area (Å²) in [5.41, 5.74) is 2.91. The highest BCUT2D eigenvalue weighted by Gasteiger charge is 2.21. The SMILES string of the molecule is CCOc1cc2c(cc1/C=C/C(=O)Nc1nc(C)c(C)s1)O[C@H](C)C2. The maximum absolute atomic E-state index is 12.2. The van der Waals surface area contributed by atoms with Crippen LogP contribution in [0, 0.1) is 13.8 Å². The fourth-order valence-corrected chi connectivity index (χ4v) is 3.52. The third-order valence-corrected chi connectivity index (χ3v) is 4.99. The van der Waals surface area contributed by atoms with Gasteiger partial charge in [-0.1, -0.05) is 0 Å². The van der Waals surface area contributed by atoms with Crippen LogP contribution >= 0.6 is 11.3 Å². The molecule has 0 aliphatic carbocycles. The van der Waals surface area contributed by atoms with Crippen LogP contribution < -0.4 is 14.8 Å². The van der Waals surface area contributed by atoms with E-state index >= 15 is 0 Å². The number of ether oxygens (including phenoxy) is 2. The van der Waals surface area contributed by atoms with Crippen molar-refractivity contribution in [3.63, 3.8) is 0 Å². The first-order valence-corrected chi connectivity index (χ1v) is 9.17. The maximum Gasteiger partial charge on any atom is 0.250 e. The van der Waals surface area contributed by atoms with Crippen LogP contribution in [-0.4, -0.2) is 23.6 Å². The van der Waals surface area contributed by atoms with Gasteiger partial charge in [-0.2, -0.15) is 0 Å². The minimum Gasteiger partial charge on any atom is -0.493 e. The van der Waals surface area contributed by atoms with Crippen molar-refractivity contribution in [1.29, 1.82) is 0 Å². The number of carbonyl (C=O) groups is 1. The summed E-state index contributed by atoms with van der Waals surface area (Å²) in [5.74, 6) is 1.41. The summed E-state index contributed by atoms with van der Waals surface area (Å²) in [4.78, 5) is 17.6. The Morgan fingerprint density at radius 2 is 2.28 bits per heavy atom. The molecule has 2 heterocycles. The van der Waals surface area contributed by atoms with Gasteiger partial charge >= 0.3 is 0 Å². The monoisotopic (exact) mass is 358 g/mol. The van der Waals surface area contributed by atoms with Gasteiger partial charge in [-0.15, -0.1) is 11.3 Å². The van der Waals surface area contributed by atoms with E-state index in [0.29, 0.717) is 11.7 Å². The van der Waals surface area contributed by atoms with Crippen molar-refractivity contribution in [3.8, 4) is 11.5 Å². The van der Waals surface area contributed by atoms with Gasteiger partial charge in [0, 0.05) is 28.5 Å². The third kappa shape index (κ3) is 4.02. The van der Waals surface area contributed by atoms with Gasteiger partial charge in [0.15, 0.2) is 5.13 Å². The number of aryl methyl sites for hydroxylation is 2. The Hall–Kier alpha value is -2.34. The molecule has 0 unspecified atom stereocenters. The highest BCUT2D eigenvalue weighted by molar-refractivity contribution is 7.15. The van der Waals surface area contributed by atoms with E-state index in [9.17, 15) is 4.79 Å². The lowest BCUT2D eigenvalue weighted by Crippen LogP contribution is -2.07. The Morgan fingerprint density at radius 1 is 1.48 bits per heavy atom. The van der Waals surface area contributed by atoms with Crippen LogP contribution in [0.3, 0.4) is 0 Å². The van der Waals surface area contributed by atoms with E-state index < -0.39 is 0 Å². The minimum atomic E-state index is -0.217. The summed E-state index contributed by atoms with van der Waals surface area (Å²) in [6.45, 7) is 8.47. The predicted molar refractivity (Wildman–Crippen MR) is 101 cm³/mol. The molecular formula is C19H22N2O3S. The number of anilines is 1. The summed E-state index contributed by atoms with van der Waals surface area (Å²) < 4.78 is 11.5. The number of fused-ring (bicyclic) bond motifs is 1. The first-order valence-electron chi connectivity index (χ1n) is 8.35. The number of hydrogen-bond acceptors (Lipinski definition) is 5. The smallest absolute Gasteiger partial charge is 0.250 e. The van der Waals surface area contributed by atoms with Crippen LogP contribution in [0.4, 0.5) is 5.13 Å². The number of nitrogens with one attached hydrogen (secondary N) is 1. The summed E-state index contributed by atoms with van der Waals surface area (Å²) in [6, 6.07) is 3.94. The van der Waals surface area contributed by atoms with Crippen molar-refractivity contribution in [2.24, 2.45) is 0 Å². The van der Waals surface area contributed by atoms with Gasteiger partial charge in [-0.05, 0) is 45.9 Å². The molecule has 1 aromatic carbocycles. The number of nitrogens with zero attached hydrogens (tertiary/aromatic N) is 1. The van der Waals surface area contributed by atoms with E-state index in [1.54, 1.807) is 6.08 Å². The Balaban J connectivity index is 1.77. The number of aromatic nitrogens is 1. The highest BCUT2D eigenvalue weighted by Crippen LogP contribution is 2.35. The Labute approximate surface area is 151 Å². The van der Waals surface area contributed by atoms with Crippen molar-refractivity contribution in [3.05, 3.63) is 39.9 Å². The van der Waals surface area contributed by atoms with E-state index in [-0.39, 0.29) is 12.0 Å². The molecule has 0 saturated carbocycles. The number of rotatable bonds is 5. The quantitative estimate of drug-likeness (QED) is 0.816. The summed E-state index contributed by atoms with van der Waals surface area (Å²) >= 11 is 1.47. The van der Waals surface area contributed by atoms with Gasteiger partial charge in [0.2, 0.25) is 5.91 Å². The molecule has 25 heavy (non-hydrogen) atoms. The number of amides is 1. The number of hydrogen-bond donors (Lipinski definition) is 1. The van der Waals surface area contributed by atoms with Gasteiger partial charge in [0.25, 0.3) is 0 Å². The standard InChI is InChI=1S/C19H22N2O3S/c1-5-23-16-10-15-8-11(2)24-17(15)9-14(16)6-7-18(22)21-19-20-12(3)13(4)25-19/h6-7,9-11H,5,8H2,1-4H3,(H,20,21,22)/b7-6+/t11-/m1/s1. The molecule has 0 saturated heterocycles. The molecule has 0 bridgehead atoms. The minimum absolute atomic E-state index is 0.170. The maximum atomic E-state index is 12.2. The zero-order chi connectivity index (χ0) is 18.0. The molecule has 1 aliphatic heterocycles. The van der Waals surface area contributed by atoms with Crippen molar-refractivity contribution in [1.82, 2.24) is 4.98 Å². The van der Waals surface area contributed by atoms with E-state index in [4.69, 9.17) is 9.47 Å². The van der Waals surface area contributed by atoms with Crippen molar-refractivity contribution in [2.75, 3.05) is 11.9 Å². The molecular weight excluding hydrogens is 336 g/mol. The van der Waals surface area contributed by atoms with Gasteiger partial charge < -0.3 is 9.47 Å². The van der Waals surface area contributed by atoms with Crippen LogP contribution in [-0.2, 0) is 11.2 Å². The first kappa shape index (κ1) is 17.5. The Kier molecular flexibility index (Phi) is 5.08. The average Bonchev–Trinajstić information content (AvgIpc) is 3.06. The fraction of sp³-hybridized carbons (Fsp3) is 0.368. The molecule has 5 nitrogen and oxygen atoms in total. The predicted octanol–water partition coefficient (Wildman–Crippen LogP) is 4.13. The largest absolute Gasteiger partial charge is 0.493 e. The van der Waals surface area contributed by atoms with Crippen LogP contribution in [0.5, 0.6) is 11.5 Å². The van der Waals surface area contributed by atoms with Gasteiger partial charge in [0.1, 0.15) is 17.6 Å². The lowest BCUT2D eigenvalue weighted by atomic mass is 10.1. The first-order chi connectivity index (χ1) is 12.0.